The highest BCUT2D eigenvalue weighted by Gasteiger charge is 2.62. The Balaban J connectivity index is 1.69. The van der Waals surface area contributed by atoms with E-state index in [9.17, 15) is 18.0 Å². The summed E-state index contributed by atoms with van der Waals surface area (Å²) in [5.41, 5.74) is 0.644. The zero-order valence-corrected chi connectivity index (χ0v) is 10.5. The number of nitrogens with one attached hydrogen (secondary N) is 2. The number of aromatic nitrogens is 2. The van der Waals surface area contributed by atoms with Crippen LogP contribution < -0.4 is 5.32 Å². The molecule has 0 aromatic carbocycles. The number of carbonyl (C=O) groups is 1. The van der Waals surface area contributed by atoms with Gasteiger partial charge in [0.15, 0.2) is 0 Å². The van der Waals surface area contributed by atoms with Gasteiger partial charge in [-0.15, -0.1) is 0 Å². The van der Waals surface area contributed by atoms with Gasteiger partial charge in [-0.05, 0) is 12.8 Å². The molecule has 0 spiro atoms. The standard InChI is InChI=1S/C12H14F3N3O2/c13-12(14,15)10-8-2-1-7(20-8)9(10)11(19)17-4-6-3-16-5-18-6/h3,5,7-10H,1-2,4H2,(H,16,18)(H,17,19). The number of imidazole rings is 1. The van der Waals surface area contributed by atoms with E-state index in [4.69, 9.17) is 4.74 Å². The van der Waals surface area contributed by atoms with E-state index in [1.807, 2.05) is 0 Å². The van der Waals surface area contributed by atoms with Crippen molar-refractivity contribution in [3.05, 3.63) is 18.2 Å². The van der Waals surface area contributed by atoms with Gasteiger partial charge < -0.3 is 15.0 Å². The van der Waals surface area contributed by atoms with Gasteiger partial charge >= 0.3 is 6.18 Å². The van der Waals surface area contributed by atoms with Crippen LogP contribution in [0.25, 0.3) is 0 Å². The van der Waals surface area contributed by atoms with Gasteiger partial charge in [0.1, 0.15) is 0 Å². The molecule has 0 saturated carbocycles. The second-order valence-corrected chi connectivity index (χ2v) is 5.18. The van der Waals surface area contributed by atoms with Crippen molar-refractivity contribution in [1.82, 2.24) is 15.3 Å². The van der Waals surface area contributed by atoms with Gasteiger partial charge in [0, 0.05) is 6.20 Å². The van der Waals surface area contributed by atoms with Gasteiger partial charge in [-0.25, -0.2) is 4.98 Å². The molecule has 0 aliphatic carbocycles. The van der Waals surface area contributed by atoms with Gasteiger partial charge in [-0.2, -0.15) is 13.2 Å². The lowest BCUT2D eigenvalue weighted by Gasteiger charge is -2.28. The van der Waals surface area contributed by atoms with Crippen LogP contribution in [0, 0.1) is 11.8 Å². The minimum atomic E-state index is -4.41. The third-order valence-corrected chi connectivity index (χ3v) is 3.96. The molecule has 20 heavy (non-hydrogen) atoms. The van der Waals surface area contributed by atoms with Gasteiger partial charge in [-0.1, -0.05) is 0 Å². The number of halogens is 3. The molecule has 8 heteroatoms. The summed E-state index contributed by atoms with van der Waals surface area (Å²) in [6, 6.07) is 0. The van der Waals surface area contributed by atoms with Gasteiger partial charge in [0.05, 0.1) is 42.6 Å². The van der Waals surface area contributed by atoms with Crippen LogP contribution in [-0.4, -0.2) is 34.3 Å². The largest absolute Gasteiger partial charge is 0.395 e. The minimum absolute atomic E-state index is 0.136. The molecule has 2 aliphatic heterocycles. The number of rotatable bonds is 3. The van der Waals surface area contributed by atoms with Crippen molar-refractivity contribution in [2.24, 2.45) is 11.8 Å². The van der Waals surface area contributed by atoms with Crippen LogP contribution in [-0.2, 0) is 16.1 Å². The average Bonchev–Trinajstić information content (AvgIpc) is 3.09. The van der Waals surface area contributed by atoms with Crippen molar-refractivity contribution in [3.8, 4) is 0 Å². The van der Waals surface area contributed by atoms with Crippen LogP contribution in [0.3, 0.4) is 0 Å². The summed E-state index contributed by atoms with van der Waals surface area (Å²) in [7, 11) is 0. The van der Waals surface area contributed by atoms with E-state index in [-0.39, 0.29) is 6.54 Å². The Bertz CT molecular complexity index is 489. The van der Waals surface area contributed by atoms with E-state index < -0.39 is 36.1 Å². The van der Waals surface area contributed by atoms with Crippen molar-refractivity contribution in [1.29, 1.82) is 0 Å². The topological polar surface area (TPSA) is 67.0 Å². The van der Waals surface area contributed by atoms with Crippen LogP contribution >= 0.6 is 0 Å². The van der Waals surface area contributed by atoms with Gasteiger partial charge in [-0.3, -0.25) is 4.79 Å². The lowest BCUT2D eigenvalue weighted by Crippen LogP contribution is -2.46. The Morgan fingerprint density at radius 3 is 2.85 bits per heavy atom. The molecule has 3 heterocycles. The molecule has 110 valence electrons. The SMILES string of the molecule is O=C(NCc1cnc[nH]1)C1C2CCC(O2)C1C(F)(F)F. The second-order valence-electron chi connectivity index (χ2n) is 5.18. The number of hydrogen-bond acceptors (Lipinski definition) is 3. The molecule has 3 rings (SSSR count). The monoisotopic (exact) mass is 289 g/mol. The summed E-state index contributed by atoms with van der Waals surface area (Å²) in [6.07, 6.45) is -2.05. The van der Waals surface area contributed by atoms with Crippen LogP contribution in [0.15, 0.2) is 12.5 Å². The summed E-state index contributed by atoms with van der Waals surface area (Å²) in [6.45, 7) is 0.136. The molecule has 4 unspecified atom stereocenters. The number of nitrogens with zero attached hydrogens (tertiary/aromatic N) is 1. The Morgan fingerprint density at radius 1 is 1.45 bits per heavy atom. The number of aromatic amines is 1. The van der Waals surface area contributed by atoms with Gasteiger partial charge in [0.2, 0.25) is 5.91 Å². The first kappa shape index (κ1) is 13.4. The molecule has 2 aliphatic rings. The Morgan fingerprint density at radius 2 is 2.20 bits per heavy atom. The molecule has 1 aromatic rings. The molecule has 1 aromatic heterocycles. The fraction of sp³-hybridized carbons (Fsp3) is 0.667. The van der Waals surface area contributed by atoms with Crippen molar-refractivity contribution in [2.45, 2.75) is 37.8 Å². The number of ether oxygens (including phenoxy) is 1. The lowest BCUT2D eigenvalue weighted by molar-refractivity contribution is -0.197. The maximum absolute atomic E-state index is 13.1. The summed E-state index contributed by atoms with van der Waals surface area (Å²) in [5, 5.41) is 2.52. The van der Waals surface area contributed by atoms with E-state index in [1.54, 1.807) is 0 Å². The third kappa shape index (κ3) is 2.28. The van der Waals surface area contributed by atoms with Crippen molar-refractivity contribution in [3.63, 3.8) is 0 Å². The summed E-state index contributed by atoms with van der Waals surface area (Å²) in [4.78, 5) is 18.6. The average molecular weight is 289 g/mol. The smallest absolute Gasteiger partial charge is 0.373 e. The molecule has 2 fully saturated rings. The van der Waals surface area contributed by atoms with E-state index in [1.165, 1.54) is 12.5 Å². The van der Waals surface area contributed by atoms with Crippen LogP contribution in [0.4, 0.5) is 13.2 Å². The fourth-order valence-electron chi connectivity index (χ4n) is 3.11. The van der Waals surface area contributed by atoms with Crippen LogP contribution in [0.2, 0.25) is 0 Å². The van der Waals surface area contributed by atoms with E-state index in [0.717, 1.165) is 0 Å². The number of carbonyl (C=O) groups excluding carboxylic acids is 1. The summed E-state index contributed by atoms with van der Waals surface area (Å²) < 4.78 is 44.5. The van der Waals surface area contributed by atoms with Crippen molar-refractivity contribution < 1.29 is 22.7 Å². The highest BCUT2D eigenvalue weighted by Crippen LogP contribution is 2.50. The normalized spacial score (nSPS) is 32.5. The highest BCUT2D eigenvalue weighted by molar-refractivity contribution is 5.80. The molecule has 2 N–H and O–H groups in total. The predicted molar refractivity (Wildman–Crippen MR) is 61.4 cm³/mol. The fourth-order valence-corrected chi connectivity index (χ4v) is 3.11. The Labute approximate surface area is 112 Å². The molecule has 1 amide bonds. The van der Waals surface area contributed by atoms with Crippen LogP contribution in [0.1, 0.15) is 18.5 Å². The lowest BCUT2D eigenvalue weighted by atomic mass is 9.78. The number of H-pyrrole nitrogens is 1. The quantitative estimate of drug-likeness (QED) is 0.883. The molecule has 5 nitrogen and oxygen atoms in total. The van der Waals surface area contributed by atoms with E-state index >= 15 is 0 Å². The maximum Gasteiger partial charge on any atom is 0.395 e. The Kier molecular flexibility index (Phi) is 3.19. The van der Waals surface area contributed by atoms with Crippen LogP contribution in [0.5, 0.6) is 0 Å². The summed E-state index contributed by atoms with van der Waals surface area (Å²) >= 11 is 0. The molecule has 2 bridgehead atoms. The molecule has 0 radical (unpaired) electrons. The highest BCUT2D eigenvalue weighted by atomic mass is 19.4. The van der Waals surface area contributed by atoms with E-state index in [2.05, 4.69) is 15.3 Å². The first-order chi connectivity index (χ1) is 9.47. The third-order valence-electron chi connectivity index (χ3n) is 3.96. The zero-order valence-electron chi connectivity index (χ0n) is 10.5. The summed E-state index contributed by atoms with van der Waals surface area (Å²) in [5.74, 6) is -3.44. The number of hydrogen-bond donors (Lipinski definition) is 2. The molecular formula is C12H14F3N3O2. The number of amides is 1. The first-order valence-electron chi connectivity index (χ1n) is 6.44. The minimum Gasteiger partial charge on any atom is -0.373 e. The number of alkyl halides is 3. The predicted octanol–water partition coefficient (Wildman–Crippen LogP) is 1.38. The van der Waals surface area contributed by atoms with Gasteiger partial charge in [0.25, 0.3) is 0 Å². The van der Waals surface area contributed by atoms with E-state index in [0.29, 0.717) is 18.5 Å². The molecule has 2 saturated heterocycles. The first-order valence-corrected chi connectivity index (χ1v) is 6.44. The van der Waals surface area contributed by atoms with Crippen molar-refractivity contribution >= 4 is 5.91 Å². The Hall–Kier alpha value is -1.57. The molecule has 4 atom stereocenters. The maximum atomic E-state index is 13.1. The molecular weight excluding hydrogens is 275 g/mol. The second kappa shape index (κ2) is 4.76. The zero-order chi connectivity index (χ0) is 14.3. The van der Waals surface area contributed by atoms with Crippen molar-refractivity contribution in [2.75, 3.05) is 0 Å². The number of fused-ring (bicyclic) bond motifs is 2.